The van der Waals surface area contributed by atoms with Crippen molar-refractivity contribution in [3.63, 3.8) is 0 Å². The number of benzene rings is 2. The summed E-state index contributed by atoms with van der Waals surface area (Å²) in [6.45, 7) is 3.66. The monoisotopic (exact) mass is 340 g/mol. The Bertz CT molecular complexity index is 850. The van der Waals surface area contributed by atoms with Gasteiger partial charge >= 0.3 is 0 Å². The van der Waals surface area contributed by atoms with E-state index in [9.17, 15) is 0 Å². The van der Waals surface area contributed by atoms with Crippen LogP contribution in [0.25, 0.3) is 5.69 Å². The maximum absolute atomic E-state index is 6.30. The van der Waals surface area contributed by atoms with Crippen LogP contribution in [0.4, 0.5) is 5.69 Å². The zero-order valence-electron chi connectivity index (χ0n) is 13.3. The third-order valence-corrected chi connectivity index (χ3v) is 4.35. The zero-order valence-corrected chi connectivity index (χ0v) is 14.0. The molecule has 1 aromatic heterocycles. The molecule has 0 aliphatic carbocycles. The Morgan fingerprint density at radius 2 is 2.12 bits per heavy atom. The summed E-state index contributed by atoms with van der Waals surface area (Å²) in [4.78, 5) is 6.30. The van der Waals surface area contributed by atoms with Gasteiger partial charge in [-0.05, 0) is 36.8 Å². The predicted molar refractivity (Wildman–Crippen MR) is 94.0 cm³/mol. The molecule has 5 nitrogen and oxygen atoms in total. The molecule has 1 atom stereocenters. The van der Waals surface area contributed by atoms with Crippen LogP contribution >= 0.6 is 11.6 Å². The van der Waals surface area contributed by atoms with Crippen molar-refractivity contribution in [2.45, 2.75) is 19.6 Å². The molecule has 2 aromatic carbocycles. The summed E-state index contributed by atoms with van der Waals surface area (Å²) in [6, 6.07) is 14.2. The summed E-state index contributed by atoms with van der Waals surface area (Å²) in [5.74, 6) is 0.769. The van der Waals surface area contributed by atoms with Crippen LogP contribution in [0.3, 0.4) is 0 Å². The molecule has 0 saturated carbocycles. The highest BCUT2D eigenvalue weighted by molar-refractivity contribution is 6.32. The normalized spacial score (nSPS) is 16.6. The Morgan fingerprint density at radius 1 is 1.25 bits per heavy atom. The van der Waals surface area contributed by atoms with Crippen molar-refractivity contribution in [1.82, 2.24) is 14.8 Å². The number of rotatable bonds is 3. The van der Waals surface area contributed by atoms with Crippen molar-refractivity contribution in [1.29, 1.82) is 0 Å². The smallest absolute Gasteiger partial charge is 0.161 e. The molecular formula is C18H17ClN4O. The molecule has 1 aliphatic rings. The minimum absolute atomic E-state index is 0.0934. The van der Waals surface area contributed by atoms with E-state index in [1.54, 1.807) is 11.0 Å². The first-order chi connectivity index (χ1) is 11.7. The van der Waals surface area contributed by atoms with Crippen LogP contribution < -0.4 is 9.64 Å². The molecule has 1 aliphatic heterocycles. The molecule has 0 unspecified atom stereocenters. The van der Waals surface area contributed by atoms with E-state index in [-0.39, 0.29) is 6.10 Å². The number of ether oxygens (including phenoxy) is 1. The van der Waals surface area contributed by atoms with Crippen LogP contribution in [0.2, 0.25) is 5.02 Å². The summed E-state index contributed by atoms with van der Waals surface area (Å²) in [5.41, 5.74) is 3.23. The topological polar surface area (TPSA) is 43.2 Å². The van der Waals surface area contributed by atoms with E-state index in [2.05, 4.69) is 34.0 Å². The number of aromatic nitrogens is 3. The number of hydrogen-bond donors (Lipinski definition) is 0. The first kappa shape index (κ1) is 15.0. The number of para-hydroxylation sites is 1. The van der Waals surface area contributed by atoms with Gasteiger partial charge in [-0.3, -0.25) is 0 Å². The van der Waals surface area contributed by atoms with E-state index >= 15 is 0 Å². The lowest BCUT2D eigenvalue weighted by Gasteiger charge is -2.35. The van der Waals surface area contributed by atoms with E-state index in [1.807, 2.05) is 30.3 Å². The molecule has 0 radical (unpaired) electrons. The lowest BCUT2D eigenvalue weighted by atomic mass is 10.1. The Balaban J connectivity index is 1.65. The third-order valence-electron chi connectivity index (χ3n) is 4.05. The zero-order chi connectivity index (χ0) is 16.5. The van der Waals surface area contributed by atoms with Gasteiger partial charge in [-0.1, -0.05) is 29.8 Å². The maximum atomic E-state index is 6.30. The molecule has 3 aromatic rings. The van der Waals surface area contributed by atoms with Crippen molar-refractivity contribution in [2.75, 3.05) is 11.4 Å². The Kier molecular flexibility index (Phi) is 3.86. The van der Waals surface area contributed by atoms with E-state index in [0.717, 1.165) is 30.2 Å². The molecule has 24 heavy (non-hydrogen) atoms. The van der Waals surface area contributed by atoms with E-state index in [1.165, 1.54) is 11.9 Å². The molecule has 0 N–H and O–H groups in total. The fourth-order valence-electron chi connectivity index (χ4n) is 3.02. The largest absolute Gasteiger partial charge is 0.485 e. The Labute approximate surface area is 145 Å². The standard InChI is InChI=1S/C18H17ClN4O/c1-13-9-22(17-7-3-6-16(19)18(17)24-13)10-14-4-2-5-15(8-14)23-12-20-11-21-23/h2-8,11-13H,9-10H2,1H3/t13-/m0/s1. The van der Waals surface area contributed by atoms with E-state index in [0.29, 0.717) is 5.02 Å². The second-order valence-electron chi connectivity index (χ2n) is 5.91. The molecular weight excluding hydrogens is 324 g/mol. The van der Waals surface area contributed by atoms with Gasteiger partial charge in [0.2, 0.25) is 0 Å². The highest BCUT2D eigenvalue weighted by Crippen LogP contribution is 2.39. The number of nitrogens with zero attached hydrogens (tertiary/aromatic N) is 4. The molecule has 2 heterocycles. The highest BCUT2D eigenvalue weighted by Gasteiger charge is 2.24. The number of halogens is 1. The molecule has 0 saturated heterocycles. The molecule has 0 fully saturated rings. The van der Waals surface area contributed by atoms with E-state index < -0.39 is 0 Å². The van der Waals surface area contributed by atoms with Crippen molar-refractivity contribution >= 4 is 17.3 Å². The van der Waals surface area contributed by atoms with Crippen LogP contribution in [-0.2, 0) is 6.54 Å². The number of fused-ring (bicyclic) bond motifs is 1. The third kappa shape index (κ3) is 2.83. The van der Waals surface area contributed by atoms with Crippen LogP contribution in [0.15, 0.2) is 55.1 Å². The van der Waals surface area contributed by atoms with Crippen LogP contribution in [0.5, 0.6) is 5.75 Å². The van der Waals surface area contributed by atoms with Crippen molar-refractivity contribution < 1.29 is 4.74 Å². The fourth-order valence-corrected chi connectivity index (χ4v) is 3.23. The van der Waals surface area contributed by atoms with Gasteiger partial charge in [0.1, 0.15) is 18.8 Å². The van der Waals surface area contributed by atoms with Crippen molar-refractivity contribution in [3.8, 4) is 11.4 Å². The van der Waals surface area contributed by atoms with Gasteiger partial charge < -0.3 is 9.64 Å². The minimum Gasteiger partial charge on any atom is -0.485 e. The average molecular weight is 341 g/mol. The summed E-state index contributed by atoms with van der Waals surface area (Å²) in [6.07, 6.45) is 3.33. The first-order valence-corrected chi connectivity index (χ1v) is 8.22. The van der Waals surface area contributed by atoms with E-state index in [4.69, 9.17) is 16.3 Å². The molecule has 0 bridgehead atoms. The molecule has 122 valence electrons. The molecule has 6 heteroatoms. The molecule has 0 amide bonds. The lowest BCUT2D eigenvalue weighted by Crippen LogP contribution is -2.38. The second kappa shape index (κ2) is 6.17. The van der Waals surface area contributed by atoms with Gasteiger partial charge in [-0.25, -0.2) is 9.67 Å². The highest BCUT2D eigenvalue weighted by atomic mass is 35.5. The molecule has 0 spiro atoms. The fraction of sp³-hybridized carbons (Fsp3) is 0.222. The van der Waals surface area contributed by atoms with Crippen molar-refractivity contribution in [2.24, 2.45) is 0 Å². The van der Waals surface area contributed by atoms with Crippen LogP contribution in [0.1, 0.15) is 12.5 Å². The summed E-state index contributed by atoms with van der Waals surface area (Å²) in [7, 11) is 0. The number of hydrogen-bond acceptors (Lipinski definition) is 4. The van der Waals surface area contributed by atoms with Gasteiger partial charge in [-0.15, -0.1) is 0 Å². The Hall–Kier alpha value is -2.53. The van der Waals surface area contributed by atoms with Crippen LogP contribution in [-0.4, -0.2) is 27.4 Å². The van der Waals surface area contributed by atoms with Gasteiger partial charge in [-0.2, -0.15) is 5.10 Å². The summed E-state index contributed by atoms with van der Waals surface area (Å²) in [5, 5.41) is 4.84. The maximum Gasteiger partial charge on any atom is 0.161 e. The second-order valence-corrected chi connectivity index (χ2v) is 6.31. The predicted octanol–water partition coefficient (Wildman–Crippen LogP) is 3.71. The lowest BCUT2D eigenvalue weighted by molar-refractivity contribution is 0.212. The summed E-state index contributed by atoms with van der Waals surface area (Å²) < 4.78 is 7.68. The SMILES string of the molecule is C[C@H]1CN(Cc2cccc(-n3cncn3)c2)c2cccc(Cl)c2O1. The quantitative estimate of drug-likeness (QED) is 0.729. The van der Waals surface area contributed by atoms with Crippen molar-refractivity contribution in [3.05, 3.63) is 65.7 Å². The first-order valence-electron chi connectivity index (χ1n) is 7.85. The van der Waals surface area contributed by atoms with Crippen LogP contribution in [0, 0.1) is 0 Å². The molecule has 4 rings (SSSR count). The summed E-state index contributed by atoms with van der Waals surface area (Å²) >= 11 is 6.30. The minimum atomic E-state index is 0.0934. The van der Waals surface area contributed by atoms with Gasteiger partial charge in [0, 0.05) is 6.54 Å². The number of anilines is 1. The van der Waals surface area contributed by atoms with Gasteiger partial charge in [0.05, 0.1) is 22.9 Å². The Morgan fingerprint density at radius 3 is 2.96 bits per heavy atom. The van der Waals surface area contributed by atoms with Gasteiger partial charge in [0.25, 0.3) is 0 Å². The van der Waals surface area contributed by atoms with Gasteiger partial charge in [0.15, 0.2) is 5.75 Å². The average Bonchev–Trinajstić information content (AvgIpc) is 3.11.